The van der Waals surface area contributed by atoms with Crippen LogP contribution in [0.3, 0.4) is 0 Å². The minimum atomic E-state index is 0.0598. The molecule has 2 rings (SSSR count). The van der Waals surface area contributed by atoms with Crippen LogP contribution in [-0.4, -0.2) is 15.7 Å². The topological polar surface area (TPSA) is 38.1 Å². The molecule has 15 heavy (non-hydrogen) atoms. The second kappa shape index (κ2) is 3.57. The first-order valence-corrected chi connectivity index (χ1v) is 5.13. The Morgan fingerprint density at radius 2 is 2.07 bits per heavy atom. The largest absolute Gasteiger partial charge is 0.257 e. The summed E-state index contributed by atoms with van der Waals surface area (Å²) in [5, 5.41) is 0. The minimum absolute atomic E-state index is 0.0598. The first-order chi connectivity index (χ1) is 7.07. The van der Waals surface area contributed by atoms with Crippen molar-refractivity contribution in [2.24, 2.45) is 4.99 Å². The lowest BCUT2D eigenvalue weighted by molar-refractivity contribution is 0.566. The molecule has 1 aromatic heterocycles. The van der Waals surface area contributed by atoms with Crippen molar-refractivity contribution < 1.29 is 0 Å². The lowest BCUT2D eigenvalue weighted by atomic mass is 9.92. The van der Waals surface area contributed by atoms with Gasteiger partial charge in [-0.25, -0.2) is 9.97 Å². The van der Waals surface area contributed by atoms with E-state index in [0.29, 0.717) is 0 Å². The van der Waals surface area contributed by atoms with Crippen LogP contribution in [0, 0.1) is 0 Å². The molecule has 0 atom stereocenters. The first kappa shape index (κ1) is 10.0. The smallest absolute Gasteiger partial charge is 0.174 e. The molecule has 1 aliphatic heterocycles. The molecule has 0 aliphatic carbocycles. The van der Waals surface area contributed by atoms with Crippen LogP contribution < -0.4 is 0 Å². The van der Waals surface area contributed by atoms with Crippen LogP contribution in [0.5, 0.6) is 0 Å². The van der Waals surface area contributed by atoms with Crippen LogP contribution in [0.4, 0.5) is 0 Å². The van der Waals surface area contributed by atoms with Gasteiger partial charge >= 0.3 is 0 Å². The second-order valence-electron chi connectivity index (χ2n) is 4.68. The van der Waals surface area contributed by atoms with Gasteiger partial charge in [-0.1, -0.05) is 26.8 Å². The Balaban J connectivity index is 2.35. The average Bonchev–Trinajstić information content (AvgIpc) is 2.69. The molecule has 3 heteroatoms. The number of allylic oxidation sites excluding steroid dienone is 1. The van der Waals surface area contributed by atoms with Crippen molar-refractivity contribution in [3.8, 4) is 0 Å². The van der Waals surface area contributed by atoms with E-state index < -0.39 is 0 Å². The Labute approximate surface area is 90.0 Å². The number of rotatable bonds is 1. The molecular formula is C12H15N3. The van der Waals surface area contributed by atoms with Crippen molar-refractivity contribution in [3.63, 3.8) is 0 Å². The van der Waals surface area contributed by atoms with Gasteiger partial charge < -0.3 is 0 Å². The number of aliphatic imine (C=N–C) groups is 1. The molecule has 0 N–H and O–H groups in total. The molecule has 0 saturated heterocycles. The van der Waals surface area contributed by atoms with Crippen molar-refractivity contribution in [2.75, 3.05) is 0 Å². The monoisotopic (exact) mass is 201 g/mol. The van der Waals surface area contributed by atoms with Gasteiger partial charge in [-0.3, -0.25) is 4.99 Å². The van der Waals surface area contributed by atoms with E-state index in [4.69, 9.17) is 0 Å². The molecule has 78 valence electrons. The molecule has 1 aromatic rings. The van der Waals surface area contributed by atoms with E-state index in [9.17, 15) is 0 Å². The van der Waals surface area contributed by atoms with Crippen LogP contribution in [0.25, 0.3) is 0 Å². The standard InChI is InChI=1S/C12H15N3/c1-12(2,3)10-6-8-14-11(15-10)9-5-4-7-13-9/h4,6-8H,5H2,1-3H3. The quantitative estimate of drug-likeness (QED) is 0.700. The Bertz CT molecular complexity index is 425. The van der Waals surface area contributed by atoms with E-state index in [-0.39, 0.29) is 5.41 Å². The maximum atomic E-state index is 4.54. The molecule has 0 fully saturated rings. The first-order valence-electron chi connectivity index (χ1n) is 5.13. The lowest BCUT2D eigenvalue weighted by Crippen LogP contribution is -2.16. The molecule has 0 amide bonds. The van der Waals surface area contributed by atoms with Crippen molar-refractivity contribution in [2.45, 2.75) is 32.6 Å². The van der Waals surface area contributed by atoms with E-state index in [2.05, 4.69) is 35.7 Å². The highest BCUT2D eigenvalue weighted by Crippen LogP contribution is 2.19. The fourth-order valence-electron chi connectivity index (χ4n) is 1.42. The third-order valence-electron chi connectivity index (χ3n) is 2.33. The molecular weight excluding hydrogens is 186 g/mol. The van der Waals surface area contributed by atoms with Gasteiger partial charge in [-0.05, 0) is 6.07 Å². The van der Waals surface area contributed by atoms with Crippen molar-refractivity contribution in [1.29, 1.82) is 0 Å². The predicted octanol–water partition coefficient (Wildman–Crippen LogP) is 2.48. The van der Waals surface area contributed by atoms with Gasteiger partial charge in [0.2, 0.25) is 0 Å². The molecule has 0 spiro atoms. The summed E-state index contributed by atoms with van der Waals surface area (Å²) in [4.78, 5) is 13.0. The van der Waals surface area contributed by atoms with Crippen molar-refractivity contribution >= 4 is 5.71 Å². The maximum Gasteiger partial charge on any atom is 0.174 e. The van der Waals surface area contributed by atoms with Crippen LogP contribution in [0.15, 0.2) is 29.5 Å². The second-order valence-corrected chi connectivity index (χ2v) is 4.68. The molecule has 3 nitrogen and oxygen atoms in total. The third kappa shape index (κ3) is 2.12. The summed E-state index contributed by atoms with van der Waals surface area (Å²) in [5.74, 6) is 0.757. The van der Waals surface area contributed by atoms with Gasteiger partial charge in [0.25, 0.3) is 0 Å². The van der Waals surface area contributed by atoms with Gasteiger partial charge in [-0.2, -0.15) is 0 Å². The highest BCUT2D eigenvalue weighted by molar-refractivity contribution is 5.99. The van der Waals surface area contributed by atoms with Gasteiger partial charge in [0.05, 0.1) is 5.71 Å². The number of aromatic nitrogens is 2. The molecule has 2 heterocycles. The summed E-state index contributed by atoms with van der Waals surface area (Å²) in [6.45, 7) is 6.44. The zero-order valence-electron chi connectivity index (χ0n) is 9.36. The SMILES string of the molecule is CC(C)(C)c1ccnc(C2=NC=CC2)n1. The van der Waals surface area contributed by atoms with Gasteiger partial charge in [0, 0.05) is 29.9 Å². The van der Waals surface area contributed by atoms with Gasteiger partial charge in [0.15, 0.2) is 5.82 Å². The average molecular weight is 201 g/mol. The van der Waals surface area contributed by atoms with Gasteiger partial charge in [0.1, 0.15) is 0 Å². The summed E-state index contributed by atoms with van der Waals surface area (Å²) in [6.07, 6.45) is 6.47. The third-order valence-corrected chi connectivity index (χ3v) is 2.33. The van der Waals surface area contributed by atoms with Crippen molar-refractivity contribution in [3.05, 3.63) is 36.1 Å². The van der Waals surface area contributed by atoms with E-state index >= 15 is 0 Å². The minimum Gasteiger partial charge on any atom is -0.257 e. The van der Waals surface area contributed by atoms with E-state index in [1.54, 1.807) is 0 Å². The van der Waals surface area contributed by atoms with Crippen LogP contribution >= 0.6 is 0 Å². The van der Waals surface area contributed by atoms with Gasteiger partial charge in [-0.15, -0.1) is 0 Å². The zero-order valence-corrected chi connectivity index (χ0v) is 9.36. The molecule has 0 bridgehead atoms. The lowest BCUT2D eigenvalue weighted by Gasteiger charge is -2.17. The van der Waals surface area contributed by atoms with E-state index in [0.717, 1.165) is 23.7 Å². The summed E-state index contributed by atoms with van der Waals surface area (Å²) >= 11 is 0. The number of hydrogen-bond donors (Lipinski definition) is 0. The van der Waals surface area contributed by atoms with Crippen LogP contribution in [-0.2, 0) is 5.41 Å². The fourth-order valence-corrected chi connectivity index (χ4v) is 1.42. The maximum absolute atomic E-state index is 4.54. The Hall–Kier alpha value is -1.51. The molecule has 0 radical (unpaired) electrons. The number of hydrogen-bond acceptors (Lipinski definition) is 3. The Kier molecular flexibility index (Phi) is 2.39. The summed E-state index contributed by atoms with van der Waals surface area (Å²) in [5.41, 5.74) is 2.08. The molecule has 0 saturated carbocycles. The van der Waals surface area contributed by atoms with Crippen molar-refractivity contribution in [1.82, 2.24) is 9.97 Å². The summed E-state index contributed by atoms with van der Waals surface area (Å²) in [6, 6.07) is 1.96. The molecule has 0 aromatic carbocycles. The normalized spacial score (nSPS) is 15.5. The Morgan fingerprint density at radius 3 is 2.67 bits per heavy atom. The zero-order chi connectivity index (χ0) is 10.9. The highest BCUT2D eigenvalue weighted by Gasteiger charge is 2.17. The summed E-state index contributed by atoms with van der Waals surface area (Å²) in [7, 11) is 0. The van der Waals surface area contributed by atoms with Crippen LogP contribution in [0.2, 0.25) is 0 Å². The molecule has 0 unspecified atom stereocenters. The van der Waals surface area contributed by atoms with E-state index in [1.165, 1.54) is 0 Å². The Morgan fingerprint density at radius 1 is 1.27 bits per heavy atom. The number of nitrogens with zero attached hydrogens (tertiary/aromatic N) is 3. The highest BCUT2D eigenvalue weighted by atomic mass is 14.9. The molecule has 1 aliphatic rings. The fraction of sp³-hybridized carbons (Fsp3) is 0.417. The summed E-state index contributed by atoms with van der Waals surface area (Å²) < 4.78 is 0. The van der Waals surface area contributed by atoms with Crippen LogP contribution in [0.1, 0.15) is 38.7 Å². The predicted molar refractivity (Wildman–Crippen MR) is 61.0 cm³/mol. The van der Waals surface area contributed by atoms with E-state index in [1.807, 2.05) is 24.5 Å².